The van der Waals surface area contributed by atoms with E-state index in [-0.39, 0.29) is 5.75 Å². The molecule has 90 valence electrons. The Morgan fingerprint density at radius 2 is 2.06 bits per heavy atom. The van der Waals surface area contributed by atoms with Crippen LogP contribution in [-0.4, -0.2) is 28.8 Å². The molecule has 1 aromatic heterocycles. The molecular weight excluding hydrogens is 218 g/mol. The summed E-state index contributed by atoms with van der Waals surface area (Å²) in [4.78, 5) is 4.29. The summed E-state index contributed by atoms with van der Waals surface area (Å²) in [5.41, 5.74) is 0.815. The van der Waals surface area contributed by atoms with Gasteiger partial charge in [0.2, 0.25) is 0 Å². The van der Waals surface area contributed by atoms with E-state index in [4.69, 9.17) is 4.52 Å². The Morgan fingerprint density at radius 3 is 2.76 bits per heavy atom. The van der Waals surface area contributed by atoms with Gasteiger partial charge in [0.1, 0.15) is 5.75 Å². The van der Waals surface area contributed by atoms with Crippen molar-refractivity contribution in [3.05, 3.63) is 30.1 Å². The van der Waals surface area contributed by atoms with Crippen molar-refractivity contribution in [3.63, 3.8) is 0 Å². The van der Waals surface area contributed by atoms with E-state index in [9.17, 15) is 5.11 Å². The molecule has 2 N–H and O–H groups in total. The van der Waals surface area contributed by atoms with Crippen LogP contribution >= 0.6 is 0 Å². The number of aromatic nitrogens is 2. The standard InChI is InChI=1S/C12H15N3O2/c1-13-8-2-3-11-14-12(17-15-11)9-4-6-10(16)7-5-9/h4-7,13,16H,2-3,8H2,1H3. The number of phenolic OH excluding ortho intramolecular Hbond substituents is 1. The second-order valence-corrected chi connectivity index (χ2v) is 3.77. The lowest BCUT2D eigenvalue weighted by Gasteiger charge is -1.94. The number of aryl methyl sites for hydroxylation is 1. The van der Waals surface area contributed by atoms with E-state index in [0.29, 0.717) is 11.7 Å². The summed E-state index contributed by atoms with van der Waals surface area (Å²) in [6.07, 6.45) is 1.77. The fourth-order valence-corrected chi connectivity index (χ4v) is 1.50. The summed E-state index contributed by atoms with van der Waals surface area (Å²) < 4.78 is 5.16. The van der Waals surface area contributed by atoms with Crippen molar-refractivity contribution < 1.29 is 9.63 Å². The van der Waals surface area contributed by atoms with Gasteiger partial charge < -0.3 is 14.9 Å². The SMILES string of the molecule is CNCCCc1noc(-c2ccc(O)cc2)n1. The molecule has 0 fully saturated rings. The third-order valence-corrected chi connectivity index (χ3v) is 2.41. The Morgan fingerprint density at radius 1 is 1.29 bits per heavy atom. The number of benzene rings is 1. The fraction of sp³-hybridized carbons (Fsp3) is 0.333. The second-order valence-electron chi connectivity index (χ2n) is 3.77. The lowest BCUT2D eigenvalue weighted by atomic mass is 10.2. The van der Waals surface area contributed by atoms with E-state index in [1.807, 2.05) is 7.05 Å². The van der Waals surface area contributed by atoms with Gasteiger partial charge in [-0.15, -0.1) is 0 Å². The molecule has 2 aromatic rings. The van der Waals surface area contributed by atoms with E-state index < -0.39 is 0 Å². The Kier molecular flexibility index (Phi) is 3.72. The summed E-state index contributed by atoms with van der Waals surface area (Å²) in [6.45, 7) is 0.934. The molecule has 0 aliphatic heterocycles. The van der Waals surface area contributed by atoms with E-state index in [1.165, 1.54) is 0 Å². The van der Waals surface area contributed by atoms with Crippen molar-refractivity contribution in [2.45, 2.75) is 12.8 Å². The van der Waals surface area contributed by atoms with Crippen LogP contribution < -0.4 is 5.32 Å². The zero-order valence-corrected chi connectivity index (χ0v) is 9.68. The summed E-state index contributed by atoms with van der Waals surface area (Å²) >= 11 is 0. The topological polar surface area (TPSA) is 71.2 Å². The molecule has 17 heavy (non-hydrogen) atoms. The summed E-state index contributed by atoms with van der Waals surface area (Å²) in [5, 5.41) is 16.2. The Labute approximate surface area is 99.5 Å². The minimum absolute atomic E-state index is 0.225. The van der Waals surface area contributed by atoms with Crippen LogP contribution in [0.15, 0.2) is 28.8 Å². The van der Waals surface area contributed by atoms with Gasteiger partial charge in [0.25, 0.3) is 5.89 Å². The van der Waals surface area contributed by atoms with Gasteiger partial charge in [-0.1, -0.05) is 5.16 Å². The van der Waals surface area contributed by atoms with Crippen LogP contribution in [0.1, 0.15) is 12.2 Å². The van der Waals surface area contributed by atoms with Crippen LogP contribution in [0.2, 0.25) is 0 Å². The van der Waals surface area contributed by atoms with Gasteiger partial charge in [0.05, 0.1) is 0 Å². The molecule has 1 aromatic carbocycles. The van der Waals surface area contributed by atoms with Gasteiger partial charge in [-0.3, -0.25) is 0 Å². The van der Waals surface area contributed by atoms with Gasteiger partial charge in [0.15, 0.2) is 5.82 Å². The minimum Gasteiger partial charge on any atom is -0.508 e. The summed E-state index contributed by atoms with van der Waals surface area (Å²) in [7, 11) is 1.91. The number of hydrogen-bond acceptors (Lipinski definition) is 5. The molecule has 2 rings (SSSR count). The Hall–Kier alpha value is -1.88. The van der Waals surface area contributed by atoms with Crippen molar-refractivity contribution in [3.8, 4) is 17.2 Å². The predicted molar refractivity (Wildman–Crippen MR) is 63.6 cm³/mol. The number of hydrogen-bond donors (Lipinski definition) is 2. The molecular formula is C12H15N3O2. The van der Waals surface area contributed by atoms with E-state index in [2.05, 4.69) is 15.5 Å². The molecule has 0 atom stereocenters. The molecule has 0 bridgehead atoms. The third kappa shape index (κ3) is 3.04. The highest BCUT2D eigenvalue weighted by molar-refractivity contribution is 5.53. The van der Waals surface area contributed by atoms with Crippen LogP contribution in [0.4, 0.5) is 0 Å². The third-order valence-electron chi connectivity index (χ3n) is 2.41. The second kappa shape index (κ2) is 5.45. The van der Waals surface area contributed by atoms with Crippen molar-refractivity contribution in [1.82, 2.24) is 15.5 Å². The summed E-state index contributed by atoms with van der Waals surface area (Å²) in [6, 6.07) is 6.70. The maximum Gasteiger partial charge on any atom is 0.257 e. The fourth-order valence-electron chi connectivity index (χ4n) is 1.50. The number of nitrogens with one attached hydrogen (secondary N) is 1. The molecule has 0 saturated heterocycles. The van der Waals surface area contributed by atoms with Crippen molar-refractivity contribution >= 4 is 0 Å². The molecule has 5 nitrogen and oxygen atoms in total. The first-order valence-electron chi connectivity index (χ1n) is 5.56. The summed E-state index contributed by atoms with van der Waals surface area (Å²) in [5.74, 6) is 1.43. The van der Waals surface area contributed by atoms with Crippen LogP contribution in [-0.2, 0) is 6.42 Å². The van der Waals surface area contributed by atoms with Gasteiger partial charge in [-0.25, -0.2) is 0 Å². The molecule has 5 heteroatoms. The largest absolute Gasteiger partial charge is 0.508 e. The van der Waals surface area contributed by atoms with Crippen molar-refractivity contribution in [2.24, 2.45) is 0 Å². The highest BCUT2D eigenvalue weighted by atomic mass is 16.5. The molecule has 0 unspecified atom stereocenters. The quantitative estimate of drug-likeness (QED) is 0.767. The lowest BCUT2D eigenvalue weighted by molar-refractivity contribution is 0.421. The van der Waals surface area contributed by atoms with Gasteiger partial charge in [-0.05, 0) is 44.3 Å². The number of rotatable bonds is 5. The lowest BCUT2D eigenvalue weighted by Crippen LogP contribution is -2.08. The van der Waals surface area contributed by atoms with Crippen LogP contribution in [0.25, 0.3) is 11.5 Å². The maximum atomic E-state index is 9.18. The van der Waals surface area contributed by atoms with Crippen molar-refractivity contribution in [2.75, 3.05) is 13.6 Å². The number of aromatic hydroxyl groups is 1. The molecule has 1 heterocycles. The highest BCUT2D eigenvalue weighted by Gasteiger charge is 2.08. The van der Waals surface area contributed by atoms with Gasteiger partial charge in [-0.2, -0.15) is 4.98 Å². The first-order chi connectivity index (χ1) is 8.29. The highest BCUT2D eigenvalue weighted by Crippen LogP contribution is 2.20. The zero-order chi connectivity index (χ0) is 12.1. The number of nitrogens with zero attached hydrogens (tertiary/aromatic N) is 2. The van der Waals surface area contributed by atoms with Crippen LogP contribution in [0, 0.1) is 0 Å². The zero-order valence-electron chi connectivity index (χ0n) is 9.68. The Balaban J connectivity index is 2.04. The van der Waals surface area contributed by atoms with Crippen molar-refractivity contribution in [1.29, 1.82) is 0 Å². The monoisotopic (exact) mass is 233 g/mol. The van der Waals surface area contributed by atoms with Gasteiger partial charge >= 0.3 is 0 Å². The average molecular weight is 233 g/mol. The van der Waals surface area contributed by atoms with E-state index in [0.717, 1.165) is 24.9 Å². The predicted octanol–water partition coefficient (Wildman–Crippen LogP) is 1.59. The smallest absolute Gasteiger partial charge is 0.257 e. The normalized spacial score (nSPS) is 10.6. The Bertz CT molecular complexity index is 465. The van der Waals surface area contributed by atoms with Crippen LogP contribution in [0.5, 0.6) is 5.75 Å². The van der Waals surface area contributed by atoms with E-state index in [1.54, 1.807) is 24.3 Å². The maximum absolute atomic E-state index is 9.18. The molecule has 0 radical (unpaired) electrons. The molecule has 0 spiro atoms. The minimum atomic E-state index is 0.225. The first-order valence-corrected chi connectivity index (χ1v) is 5.56. The molecule has 0 aliphatic carbocycles. The molecule has 0 amide bonds. The van der Waals surface area contributed by atoms with Crippen LogP contribution in [0.3, 0.4) is 0 Å². The molecule has 0 aliphatic rings. The van der Waals surface area contributed by atoms with E-state index >= 15 is 0 Å². The number of phenols is 1. The molecule has 0 saturated carbocycles. The average Bonchev–Trinajstić information content (AvgIpc) is 2.79. The first kappa shape index (κ1) is 11.6. The van der Waals surface area contributed by atoms with Gasteiger partial charge in [0, 0.05) is 12.0 Å².